The zero-order valence-electron chi connectivity index (χ0n) is 17.2. The number of thioether (sulfide) groups is 1. The van der Waals surface area contributed by atoms with Crippen molar-refractivity contribution in [2.45, 2.75) is 11.7 Å². The zero-order chi connectivity index (χ0) is 21.8. The highest BCUT2D eigenvalue weighted by Gasteiger charge is 2.16. The molecule has 2 heterocycles. The number of hydrogen-bond acceptors (Lipinski definition) is 6. The number of benzene rings is 2. The molecule has 1 aliphatic rings. The van der Waals surface area contributed by atoms with Crippen molar-refractivity contribution >= 4 is 29.3 Å². The minimum absolute atomic E-state index is 0.110. The highest BCUT2D eigenvalue weighted by atomic mass is 32.2. The van der Waals surface area contributed by atoms with Gasteiger partial charge in [0.2, 0.25) is 12.7 Å². The molecule has 8 nitrogen and oxygen atoms in total. The zero-order valence-corrected chi connectivity index (χ0v) is 18.0. The third kappa shape index (κ3) is 5.00. The lowest BCUT2D eigenvalue weighted by atomic mass is 10.1. The normalized spacial score (nSPS) is 11.9. The summed E-state index contributed by atoms with van der Waals surface area (Å²) in [6.45, 7) is 0.663. The van der Waals surface area contributed by atoms with E-state index in [2.05, 4.69) is 10.3 Å². The molecular weight excluding hydrogens is 416 g/mol. The fourth-order valence-electron chi connectivity index (χ4n) is 3.12. The number of aromatic nitrogens is 2. The van der Waals surface area contributed by atoms with Crippen LogP contribution in [0.25, 0.3) is 0 Å². The first-order chi connectivity index (χ1) is 15.0. The summed E-state index contributed by atoms with van der Waals surface area (Å²) in [6, 6.07) is 12.5. The average molecular weight is 439 g/mol. The van der Waals surface area contributed by atoms with Crippen LogP contribution in [0.4, 0.5) is 5.69 Å². The smallest absolute Gasteiger partial charge is 0.253 e. The highest BCUT2D eigenvalue weighted by Crippen LogP contribution is 2.32. The fourth-order valence-corrected chi connectivity index (χ4v) is 3.85. The first-order valence-corrected chi connectivity index (χ1v) is 10.6. The number of nitrogens with one attached hydrogen (secondary N) is 1. The summed E-state index contributed by atoms with van der Waals surface area (Å²) in [6.07, 6.45) is 3.53. The molecular formula is C22H22N4O4S. The number of anilines is 1. The van der Waals surface area contributed by atoms with E-state index < -0.39 is 0 Å². The minimum Gasteiger partial charge on any atom is -0.454 e. The Kier molecular flexibility index (Phi) is 6.13. The van der Waals surface area contributed by atoms with E-state index in [-0.39, 0.29) is 24.4 Å². The molecule has 0 fully saturated rings. The van der Waals surface area contributed by atoms with Crippen molar-refractivity contribution in [2.24, 2.45) is 7.05 Å². The van der Waals surface area contributed by atoms with Crippen LogP contribution in [0.15, 0.2) is 60.0 Å². The maximum absolute atomic E-state index is 12.8. The molecule has 0 radical (unpaired) electrons. The number of aryl methyl sites for hydroxylation is 1. The average Bonchev–Trinajstić information content (AvgIpc) is 3.40. The Morgan fingerprint density at radius 3 is 2.68 bits per heavy atom. The lowest BCUT2D eigenvalue weighted by molar-refractivity contribution is -0.113. The first kappa shape index (κ1) is 20.8. The third-order valence-corrected chi connectivity index (χ3v) is 5.79. The van der Waals surface area contributed by atoms with Crippen LogP contribution in [0.2, 0.25) is 0 Å². The van der Waals surface area contributed by atoms with Gasteiger partial charge in [-0.2, -0.15) is 0 Å². The molecule has 160 valence electrons. The lowest BCUT2D eigenvalue weighted by Crippen LogP contribution is -2.26. The summed E-state index contributed by atoms with van der Waals surface area (Å²) >= 11 is 1.36. The molecule has 31 heavy (non-hydrogen) atoms. The van der Waals surface area contributed by atoms with Crippen molar-refractivity contribution in [3.8, 4) is 11.5 Å². The second-order valence-electron chi connectivity index (χ2n) is 7.08. The van der Waals surface area contributed by atoms with Gasteiger partial charge < -0.3 is 24.3 Å². The van der Waals surface area contributed by atoms with Crippen molar-refractivity contribution in [2.75, 3.05) is 24.9 Å². The van der Waals surface area contributed by atoms with Crippen LogP contribution < -0.4 is 14.8 Å². The third-order valence-electron chi connectivity index (χ3n) is 4.73. The Bertz CT molecular complexity index is 1100. The van der Waals surface area contributed by atoms with E-state index in [0.29, 0.717) is 29.3 Å². The topological polar surface area (TPSA) is 85.7 Å². The summed E-state index contributed by atoms with van der Waals surface area (Å²) in [7, 11) is 3.63. The molecule has 3 aromatic rings. The Morgan fingerprint density at radius 2 is 1.94 bits per heavy atom. The molecule has 1 N–H and O–H groups in total. The Morgan fingerprint density at radius 1 is 1.16 bits per heavy atom. The predicted molar refractivity (Wildman–Crippen MR) is 117 cm³/mol. The van der Waals surface area contributed by atoms with Crippen molar-refractivity contribution in [1.82, 2.24) is 14.5 Å². The van der Waals surface area contributed by atoms with Gasteiger partial charge in [-0.15, -0.1) is 0 Å². The van der Waals surface area contributed by atoms with Crippen molar-refractivity contribution < 1.29 is 19.1 Å². The summed E-state index contributed by atoms with van der Waals surface area (Å²) in [5.41, 5.74) is 2.14. The van der Waals surface area contributed by atoms with E-state index in [0.717, 1.165) is 10.7 Å². The molecule has 2 aromatic carbocycles. The van der Waals surface area contributed by atoms with E-state index in [4.69, 9.17) is 9.47 Å². The standard InChI is InChI=1S/C22H22N4O4S/c1-25-10-9-23-22(25)31-13-20(27)24-17-6-4-16(5-7-17)21(28)26(2)12-15-3-8-18-19(11-15)30-14-29-18/h3-11H,12-14H2,1-2H3,(H,24,27). The molecule has 0 bridgehead atoms. The van der Waals surface area contributed by atoms with E-state index in [1.54, 1.807) is 42.4 Å². The molecule has 0 saturated carbocycles. The molecule has 0 spiro atoms. The van der Waals surface area contributed by atoms with Gasteiger partial charge in [0.15, 0.2) is 16.7 Å². The minimum atomic E-state index is -0.132. The summed E-state index contributed by atoms with van der Waals surface area (Å²) in [5.74, 6) is 1.42. The van der Waals surface area contributed by atoms with Gasteiger partial charge in [-0.1, -0.05) is 17.8 Å². The van der Waals surface area contributed by atoms with Gasteiger partial charge in [0.25, 0.3) is 5.91 Å². The predicted octanol–water partition coefficient (Wildman–Crippen LogP) is 3.15. The largest absolute Gasteiger partial charge is 0.454 e. The highest BCUT2D eigenvalue weighted by molar-refractivity contribution is 7.99. The summed E-state index contributed by atoms with van der Waals surface area (Å²) in [4.78, 5) is 30.7. The van der Waals surface area contributed by atoms with Crippen molar-refractivity contribution in [3.05, 3.63) is 66.0 Å². The molecule has 0 atom stereocenters. The van der Waals surface area contributed by atoms with Gasteiger partial charge in [0, 0.05) is 44.3 Å². The quantitative estimate of drug-likeness (QED) is 0.571. The van der Waals surface area contributed by atoms with Gasteiger partial charge >= 0.3 is 0 Å². The monoisotopic (exact) mass is 438 g/mol. The second kappa shape index (κ2) is 9.13. The summed E-state index contributed by atoms with van der Waals surface area (Å²) in [5, 5.41) is 3.61. The van der Waals surface area contributed by atoms with Crippen LogP contribution >= 0.6 is 11.8 Å². The van der Waals surface area contributed by atoms with Crippen LogP contribution in [0.1, 0.15) is 15.9 Å². The van der Waals surface area contributed by atoms with Gasteiger partial charge in [-0.25, -0.2) is 4.98 Å². The van der Waals surface area contributed by atoms with E-state index in [9.17, 15) is 9.59 Å². The molecule has 1 aliphatic heterocycles. The first-order valence-electron chi connectivity index (χ1n) is 9.63. The number of rotatable bonds is 7. The number of hydrogen-bond donors (Lipinski definition) is 1. The number of carbonyl (C=O) groups is 2. The summed E-state index contributed by atoms with van der Waals surface area (Å²) < 4.78 is 12.6. The lowest BCUT2D eigenvalue weighted by Gasteiger charge is -2.18. The molecule has 0 aliphatic carbocycles. The molecule has 0 saturated heterocycles. The second-order valence-corrected chi connectivity index (χ2v) is 8.03. The fraction of sp³-hybridized carbons (Fsp3) is 0.227. The Balaban J connectivity index is 1.31. The molecule has 0 unspecified atom stereocenters. The van der Waals surface area contributed by atoms with Crippen LogP contribution in [0, 0.1) is 0 Å². The number of carbonyl (C=O) groups excluding carboxylic acids is 2. The van der Waals surface area contributed by atoms with Gasteiger partial charge in [-0.05, 0) is 42.0 Å². The van der Waals surface area contributed by atoms with Crippen LogP contribution in [0.5, 0.6) is 11.5 Å². The van der Waals surface area contributed by atoms with Crippen molar-refractivity contribution in [3.63, 3.8) is 0 Å². The number of fused-ring (bicyclic) bond motifs is 1. The van der Waals surface area contributed by atoms with E-state index in [1.807, 2.05) is 36.0 Å². The molecule has 4 rings (SSSR count). The van der Waals surface area contributed by atoms with Gasteiger partial charge in [0.1, 0.15) is 0 Å². The van der Waals surface area contributed by atoms with Crippen LogP contribution in [0.3, 0.4) is 0 Å². The number of nitrogens with zero attached hydrogens (tertiary/aromatic N) is 3. The molecule has 2 amide bonds. The SMILES string of the molecule is CN(Cc1ccc2c(c1)OCO2)C(=O)c1ccc(NC(=O)CSc2nccn2C)cc1. The molecule has 1 aromatic heterocycles. The maximum Gasteiger partial charge on any atom is 0.253 e. The van der Waals surface area contributed by atoms with E-state index >= 15 is 0 Å². The van der Waals surface area contributed by atoms with Gasteiger partial charge in [-0.3, -0.25) is 9.59 Å². The number of imidazole rings is 1. The molecule has 9 heteroatoms. The van der Waals surface area contributed by atoms with Crippen molar-refractivity contribution in [1.29, 1.82) is 0 Å². The van der Waals surface area contributed by atoms with Crippen LogP contribution in [-0.4, -0.2) is 45.9 Å². The maximum atomic E-state index is 12.8. The number of amides is 2. The Labute approximate surface area is 184 Å². The Hall–Kier alpha value is -3.46. The van der Waals surface area contributed by atoms with Crippen LogP contribution in [-0.2, 0) is 18.4 Å². The van der Waals surface area contributed by atoms with Gasteiger partial charge in [0.05, 0.1) is 5.75 Å². The number of ether oxygens (including phenoxy) is 2. The van der Waals surface area contributed by atoms with E-state index in [1.165, 1.54) is 11.8 Å².